The first-order valence-electron chi connectivity index (χ1n) is 6.55. The van der Waals surface area contributed by atoms with E-state index in [1.807, 2.05) is 23.1 Å². The quantitative estimate of drug-likeness (QED) is 0.912. The normalized spacial score (nSPS) is 15.7. The highest BCUT2D eigenvalue weighted by molar-refractivity contribution is 6.30. The van der Waals surface area contributed by atoms with Gasteiger partial charge in [0, 0.05) is 36.9 Å². The first-order valence-corrected chi connectivity index (χ1v) is 6.93. The van der Waals surface area contributed by atoms with E-state index < -0.39 is 0 Å². The van der Waals surface area contributed by atoms with Crippen LogP contribution >= 0.6 is 11.6 Å². The van der Waals surface area contributed by atoms with Crippen molar-refractivity contribution in [2.45, 2.75) is 6.92 Å². The lowest BCUT2D eigenvalue weighted by Gasteiger charge is -2.36. The van der Waals surface area contributed by atoms with Gasteiger partial charge in [0.15, 0.2) is 0 Å². The van der Waals surface area contributed by atoms with E-state index in [4.69, 9.17) is 11.6 Å². The summed E-state index contributed by atoms with van der Waals surface area (Å²) in [7, 11) is 1.80. The minimum Gasteiger partial charge on any atom is -0.368 e. The zero-order valence-electron chi connectivity index (χ0n) is 11.4. The van der Waals surface area contributed by atoms with Crippen LogP contribution in [0.5, 0.6) is 0 Å². The number of likely N-dealkylation sites (N-methyl/N-ethyl adjacent to an activating group) is 1. The summed E-state index contributed by atoms with van der Waals surface area (Å²) in [5, 5.41) is 3.66. The molecule has 1 amide bonds. The van der Waals surface area contributed by atoms with Crippen LogP contribution in [0.4, 0.5) is 5.69 Å². The largest absolute Gasteiger partial charge is 0.368 e. The molecular formula is C14H20ClN3O. The van der Waals surface area contributed by atoms with E-state index in [-0.39, 0.29) is 5.91 Å². The van der Waals surface area contributed by atoms with Crippen molar-refractivity contribution in [2.75, 3.05) is 44.7 Å². The smallest absolute Gasteiger partial charge is 0.236 e. The van der Waals surface area contributed by atoms with Crippen LogP contribution in [-0.4, -0.2) is 50.6 Å². The second-order valence-electron chi connectivity index (χ2n) is 4.83. The number of carbonyl (C=O) groups excluding carboxylic acids is 1. The maximum Gasteiger partial charge on any atom is 0.236 e. The molecule has 0 aliphatic carbocycles. The molecule has 5 heteroatoms. The van der Waals surface area contributed by atoms with Crippen LogP contribution in [0.25, 0.3) is 0 Å². The topological polar surface area (TPSA) is 35.6 Å². The molecule has 0 unspecified atom stereocenters. The molecule has 1 aliphatic heterocycles. The Morgan fingerprint density at radius 1 is 1.32 bits per heavy atom. The predicted molar refractivity (Wildman–Crippen MR) is 78.9 cm³/mol. The van der Waals surface area contributed by atoms with Gasteiger partial charge < -0.3 is 15.1 Å². The van der Waals surface area contributed by atoms with E-state index in [2.05, 4.69) is 17.1 Å². The number of rotatable bonds is 3. The first-order chi connectivity index (χ1) is 9.11. The molecule has 0 saturated carbocycles. The number of benzene rings is 1. The number of hydrogen-bond acceptors (Lipinski definition) is 3. The Labute approximate surface area is 119 Å². The molecule has 1 fully saturated rings. The number of nitrogens with zero attached hydrogens (tertiary/aromatic N) is 2. The lowest BCUT2D eigenvalue weighted by atomic mass is 10.1. The Bertz CT molecular complexity index is 456. The van der Waals surface area contributed by atoms with Gasteiger partial charge in [0.1, 0.15) is 0 Å². The van der Waals surface area contributed by atoms with Crippen molar-refractivity contribution < 1.29 is 4.79 Å². The SMILES string of the molecule is CNCC(=O)N1CCN(c2cc(Cl)ccc2C)CC1. The number of nitrogens with one attached hydrogen (secondary N) is 1. The molecular weight excluding hydrogens is 262 g/mol. The highest BCUT2D eigenvalue weighted by atomic mass is 35.5. The molecule has 104 valence electrons. The lowest BCUT2D eigenvalue weighted by molar-refractivity contribution is -0.130. The summed E-state index contributed by atoms with van der Waals surface area (Å²) in [6.45, 7) is 5.76. The third kappa shape index (κ3) is 3.39. The van der Waals surface area contributed by atoms with E-state index in [9.17, 15) is 4.79 Å². The van der Waals surface area contributed by atoms with Crippen LogP contribution in [0.1, 0.15) is 5.56 Å². The number of piperazine rings is 1. The minimum absolute atomic E-state index is 0.171. The lowest BCUT2D eigenvalue weighted by Crippen LogP contribution is -2.50. The molecule has 1 aromatic rings. The van der Waals surface area contributed by atoms with Crippen molar-refractivity contribution in [3.8, 4) is 0 Å². The molecule has 4 nitrogen and oxygen atoms in total. The van der Waals surface area contributed by atoms with Gasteiger partial charge in [-0.1, -0.05) is 17.7 Å². The van der Waals surface area contributed by atoms with Gasteiger partial charge >= 0.3 is 0 Å². The molecule has 0 atom stereocenters. The van der Waals surface area contributed by atoms with Crippen molar-refractivity contribution in [1.29, 1.82) is 0 Å². The van der Waals surface area contributed by atoms with Gasteiger partial charge in [-0.25, -0.2) is 0 Å². The second kappa shape index (κ2) is 6.26. The molecule has 0 bridgehead atoms. The van der Waals surface area contributed by atoms with E-state index in [0.29, 0.717) is 6.54 Å². The van der Waals surface area contributed by atoms with Crippen LogP contribution in [0.3, 0.4) is 0 Å². The molecule has 1 saturated heterocycles. The highest BCUT2D eigenvalue weighted by Gasteiger charge is 2.21. The van der Waals surface area contributed by atoms with Crippen molar-refractivity contribution in [3.05, 3.63) is 28.8 Å². The molecule has 19 heavy (non-hydrogen) atoms. The summed E-state index contributed by atoms with van der Waals surface area (Å²) in [4.78, 5) is 16.0. The van der Waals surface area contributed by atoms with Crippen molar-refractivity contribution in [3.63, 3.8) is 0 Å². The summed E-state index contributed by atoms with van der Waals surface area (Å²) in [5.74, 6) is 0.171. The van der Waals surface area contributed by atoms with Crippen molar-refractivity contribution in [1.82, 2.24) is 10.2 Å². The number of anilines is 1. The zero-order chi connectivity index (χ0) is 13.8. The number of amides is 1. The van der Waals surface area contributed by atoms with Gasteiger partial charge in [-0.3, -0.25) is 4.79 Å². The van der Waals surface area contributed by atoms with Gasteiger partial charge in [0.2, 0.25) is 5.91 Å². The summed E-state index contributed by atoms with van der Waals surface area (Å²) in [6, 6.07) is 5.95. The Morgan fingerprint density at radius 2 is 2.00 bits per heavy atom. The van der Waals surface area contributed by atoms with E-state index in [1.165, 1.54) is 11.3 Å². The third-order valence-electron chi connectivity index (χ3n) is 3.47. The Kier molecular flexibility index (Phi) is 4.66. The van der Waals surface area contributed by atoms with Crippen molar-refractivity contribution in [2.24, 2.45) is 0 Å². The molecule has 1 aliphatic rings. The zero-order valence-corrected chi connectivity index (χ0v) is 12.2. The number of carbonyl (C=O) groups is 1. The van der Waals surface area contributed by atoms with Gasteiger partial charge in [0.05, 0.1) is 6.54 Å². The number of halogens is 1. The van der Waals surface area contributed by atoms with E-state index in [1.54, 1.807) is 7.05 Å². The predicted octanol–water partition coefficient (Wildman–Crippen LogP) is 1.52. The van der Waals surface area contributed by atoms with Crippen LogP contribution in [0.2, 0.25) is 5.02 Å². The van der Waals surface area contributed by atoms with Crippen molar-refractivity contribution >= 4 is 23.2 Å². The third-order valence-corrected chi connectivity index (χ3v) is 3.71. The molecule has 1 heterocycles. The van der Waals surface area contributed by atoms with Crippen LogP contribution < -0.4 is 10.2 Å². The molecule has 2 rings (SSSR count). The van der Waals surface area contributed by atoms with Gasteiger partial charge in [-0.15, -0.1) is 0 Å². The summed E-state index contributed by atoms with van der Waals surface area (Å²) in [5.41, 5.74) is 2.40. The first kappa shape index (κ1) is 14.2. The average Bonchev–Trinajstić information content (AvgIpc) is 2.42. The van der Waals surface area contributed by atoms with Gasteiger partial charge in [0.25, 0.3) is 0 Å². The van der Waals surface area contributed by atoms with Crippen LogP contribution in [0.15, 0.2) is 18.2 Å². The maximum absolute atomic E-state index is 11.8. The summed E-state index contributed by atoms with van der Waals surface area (Å²) >= 11 is 6.06. The monoisotopic (exact) mass is 281 g/mol. The molecule has 1 N–H and O–H groups in total. The molecule has 0 spiro atoms. The van der Waals surface area contributed by atoms with Crippen LogP contribution in [-0.2, 0) is 4.79 Å². The number of aryl methyl sites for hydroxylation is 1. The maximum atomic E-state index is 11.8. The molecule has 1 aromatic carbocycles. The fraction of sp³-hybridized carbons (Fsp3) is 0.500. The fourth-order valence-electron chi connectivity index (χ4n) is 2.38. The Balaban J connectivity index is 2.00. The Morgan fingerprint density at radius 3 is 2.63 bits per heavy atom. The summed E-state index contributed by atoms with van der Waals surface area (Å²) < 4.78 is 0. The average molecular weight is 282 g/mol. The standard InChI is InChI=1S/C14H20ClN3O/c1-11-3-4-12(15)9-13(11)17-5-7-18(8-6-17)14(19)10-16-2/h3-4,9,16H,5-8,10H2,1-2H3. The Hall–Kier alpha value is -1.26. The molecule has 0 aromatic heterocycles. The van der Waals surface area contributed by atoms with E-state index in [0.717, 1.165) is 31.2 Å². The second-order valence-corrected chi connectivity index (χ2v) is 5.27. The number of hydrogen-bond donors (Lipinski definition) is 1. The fourth-order valence-corrected chi connectivity index (χ4v) is 2.55. The van der Waals surface area contributed by atoms with Gasteiger partial charge in [-0.2, -0.15) is 0 Å². The summed E-state index contributed by atoms with van der Waals surface area (Å²) in [6.07, 6.45) is 0. The van der Waals surface area contributed by atoms with Gasteiger partial charge in [-0.05, 0) is 31.7 Å². The highest BCUT2D eigenvalue weighted by Crippen LogP contribution is 2.25. The minimum atomic E-state index is 0.171. The van der Waals surface area contributed by atoms with Crippen LogP contribution in [0, 0.1) is 6.92 Å². The van der Waals surface area contributed by atoms with E-state index >= 15 is 0 Å². The molecule has 0 radical (unpaired) electrons.